The van der Waals surface area contributed by atoms with Gasteiger partial charge in [-0.15, -0.1) is 0 Å². The van der Waals surface area contributed by atoms with E-state index in [9.17, 15) is 10.1 Å². The summed E-state index contributed by atoms with van der Waals surface area (Å²) in [4.78, 5) is 10.9. The van der Waals surface area contributed by atoms with Gasteiger partial charge in [-0.2, -0.15) is 0 Å². The average molecular weight is 331 g/mol. The maximum Gasteiger partial charge on any atom is 0.214 e. The van der Waals surface area contributed by atoms with E-state index in [0.29, 0.717) is 22.8 Å². The molecule has 0 spiro atoms. The lowest BCUT2D eigenvalue weighted by Gasteiger charge is -2.21. The van der Waals surface area contributed by atoms with Gasteiger partial charge in [0, 0.05) is 17.1 Å². The van der Waals surface area contributed by atoms with Gasteiger partial charge >= 0.3 is 0 Å². The molecule has 2 aromatic rings. The Kier molecular flexibility index (Phi) is 5.63. The molecule has 0 radical (unpaired) electrons. The molecule has 0 aromatic heterocycles. The van der Waals surface area contributed by atoms with Crippen molar-refractivity contribution in [1.82, 2.24) is 0 Å². The van der Waals surface area contributed by atoms with E-state index in [1.54, 1.807) is 19.2 Å². The van der Waals surface area contributed by atoms with E-state index >= 15 is 0 Å². The fourth-order valence-electron chi connectivity index (χ4n) is 2.69. The largest absolute Gasteiger partial charge is 0.496 e. The highest BCUT2D eigenvalue weighted by molar-refractivity contribution is 5.55. The Morgan fingerprint density at radius 1 is 1.00 bits per heavy atom. The highest BCUT2D eigenvalue weighted by Crippen LogP contribution is 2.42. The van der Waals surface area contributed by atoms with Crippen LogP contribution in [0.25, 0.3) is 0 Å². The molecule has 0 aliphatic heterocycles. The molecule has 0 aliphatic carbocycles. The summed E-state index contributed by atoms with van der Waals surface area (Å²) in [5.74, 6) is 1.07. The second-order valence-corrected chi connectivity index (χ2v) is 5.42. The number of benzene rings is 2. The van der Waals surface area contributed by atoms with E-state index in [4.69, 9.17) is 14.2 Å². The topological polar surface area (TPSA) is 70.8 Å². The summed E-state index contributed by atoms with van der Waals surface area (Å²) in [6.07, 6.45) is 0. The number of nitrogens with zero attached hydrogens (tertiary/aromatic N) is 1. The molecule has 0 aliphatic rings. The van der Waals surface area contributed by atoms with Gasteiger partial charge in [-0.25, -0.2) is 0 Å². The Hall–Kier alpha value is -2.76. The summed E-state index contributed by atoms with van der Waals surface area (Å²) in [5.41, 5.74) is 2.56. The van der Waals surface area contributed by atoms with Crippen LogP contribution in [-0.2, 0) is 0 Å². The van der Waals surface area contributed by atoms with Gasteiger partial charge in [0.05, 0.1) is 32.8 Å². The Labute approximate surface area is 141 Å². The van der Waals surface area contributed by atoms with Gasteiger partial charge in [0.1, 0.15) is 17.2 Å². The number of ether oxygens (including phenoxy) is 3. The van der Waals surface area contributed by atoms with Crippen molar-refractivity contribution in [2.24, 2.45) is 0 Å². The van der Waals surface area contributed by atoms with Crippen molar-refractivity contribution in [3.63, 3.8) is 0 Å². The SMILES string of the molecule is COc1cc(OC)c(C(C[N+](=O)[O-])c2ccc(C)cc2)c(OC)c1. The molecule has 0 bridgehead atoms. The van der Waals surface area contributed by atoms with Crippen LogP contribution in [0.15, 0.2) is 36.4 Å². The normalized spacial score (nSPS) is 11.7. The van der Waals surface area contributed by atoms with Crippen molar-refractivity contribution >= 4 is 0 Å². The maximum absolute atomic E-state index is 11.2. The molecule has 2 aromatic carbocycles. The second-order valence-electron chi connectivity index (χ2n) is 5.42. The highest BCUT2D eigenvalue weighted by Gasteiger charge is 2.28. The van der Waals surface area contributed by atoms with E-state index in [1.807, 2.05) is 31.2 Å². The zero-order valence-electron chi connectivity index (χ0n) is 14.2. The van der Waals surface area contributed by atoms with Gasteiger partial charge in [-0.3, -0.25) is 10.1 Å². The molecule has 1 atom stereocenters. The van der Waals surface area contributed by atoms with Crippen LogP contribution in [-0.4, -0.2) is 32.8 Å². The molecule has 0 fully saturated rings. The van der Waals surface area contributed by atoms with Gasteiger partial charge < -0.3 is 14.2 Å². The molecule has 0 amide bonds. The van der Waals surface area contributed by atoms with Gasteiger partial charge in [0.15, 0.2) is 0 Å². The highest BCUT2D eigenvalue weighted by atomic mass is 16.6. The molecular formula is C18H21NO5. The summed E-state index contributed by atoms with van der Waals surface area (Å²) in [6, 6.07) is 11.1. The Bertz CT molecular complexity index is 687. The number of methoxy groups -OCH3 is 3. The zero-order chi connectivity index (χ0) is 17.7. The first-order valence-electron chi connectivity index (χ1n) is 7.48. The van der Waals surface area contributed by atoms with E-state index in [1.165, 1.54) is 14.2 Å². The fraction of sp³-hybridized carbons (Fsp3) is 0.333. The fourth-order valence-corrected chi connectivity index (χ4v) is 2.69. The van der Waals surface area contributed by atoms with Crippen molar-refractivity contribution in [3.8, 4) is 17.2 Å². The van der Waals surface area contributed by atoms with Crippen molar-refractivity contribution in [2.75, 3.05) is 27.9 Å². The van der Waals surface area contributed by atoms with Crippen LogP contribution >= 0.6 is 0 Å². The van der Waals surface area contributed by atoms with Gasteiger partial charge in [-0.05, 0) is 12.5 Å². The molecular weight excluding hydrogens is 310 g/mol. The molecule has 0 N–H and O–H groups in total. The van der Waals surface area contributed by atoms with Crippen molar-refractivity contribution in [1.29, 1.82) is 0 Å². The molecule has 6 nitrogen and oxygen atoms in total. The van der Waals surface area contributed by atoms with Gasteiger partial charge in [0.2, 0.25) is 6.54 Å². The molecule has 2 rings (SSSR count). The average Bonchev–Trinajstić information content (AvgIpc) is 2.59. The summed E-state index contributed by atoms with van der Waals surface area (Å²) in [5, 5.41) is 11.2. The summed E-state index contributed by atoms with van der Waals surface area (Å²) in [7, 11) is 4.59. The van der Waals surface area contributed by atoms with E-state index in [0.717, 1.165) is 11.1 Å². The monoisotopic (exact) mass is 331 g/mol. The lowest BCUT2D eigenvalue weighted by atomic mass is 9.89. The first-order chi connectivity index (χ1) is 11.5. The summed E-state index contributed by atoms with van der Waals surface area (Å²) >= 11 is 0. The Balaban J connectivity index is 2.64. The predicted octanol–water partition coefficient (Wildman–Crippen LogP) is 3.43. The zero-order valence-corrected chi connectivity index (χ0v) is 14.2. The molecule has 24 heavy (non-hydrogen) atoms. The summed E-state index contributed by atoms with van der Waals surface area (Å²) < 4.78 is 16.2. The van der Waals surface area contributed by atoms with Crippen LogP contribution in [0.5, 0.6) is 17.2 Å². The van der Waals surface area contributed by atoms with Crippen LogP contribution in [0.4, 0.5) is 0 Å². The Morgan fingerprint density at radius 2 is 1.54 bits per heavy atom. The van der Waals surface area contributed by atoms with Crippen molar-refractivity contribution < 1.29 is 19.1 Å². The molecule has 6 heteroatoms. The quantitative estimate of drug-likeness (QED) is 0.574. The summed E-state index contributed by atoms with van der Waals surface area (Å²) in [6.45, 7) is 1.71. The standard InChI is InChI=1S/C18H21NO5/c1-12-5-7-13(8-6-12)15(11-19(20)21)18-16(23-3)9-14(22-2)10-17(18)24-4/h5-10,15H,11H2,1-4H3. The van der Waals surface area contributed by atoms with Crippen molar-refractivity contribution in [3.05, 3.63) is 63.2 Å². The number of hydrogen-bond donors (Lipinski definition) is 0. The van der Waals surface area contributed by atoms with Crippen LogP contribution in [0.2, 0.25) is 0 Å². The lowest BCUT2D eigenvalue weighted by Crippen LogP contribution is -2.16. The van der Waals surface area contributed by atoms with E-state index in [2.05, 4.69) is 0 Å². The number of hydrogen-bond acceptors (Lipinski definition) is 5. The lowest BCUT2D eigenvalue weighted by molar-refractivity contribution is -0.481. The van der Waals surface area contributed by atoms with E-state index in [-0.39, 0.29) is 11.5 Å². The minimum Gasteiger partial charge on any atom is -0.496 e. The molecule has 0 saturated heterocycles. The number of nitro groups is 1. The van der Waals surface area contributed by atoms with Crippen LogP contribution in [0.1, 0.15) is 22.6 Å². The first-order valence-corrected chi connectivity index (χ1v) is 7.48. The minimum absolute atomic E-state index is 0.262. The maximum atomic E-state index is 11.2. The van der Waals surface area contributed by atoms with Crippen molar-refractivity contribution in [2.45, 2.75) is 12.8 Å². The van der Waals surface area contributed by atoms with Gasteiger partial charge in [0.25, 0.3) is 0 Å². The predicted molar refractivity (Wildman–Crippen MR) is 91.0 cm³/mol. The molecule has 1 unspecified atom stereocenters. The van der Waals surface area contributed by atoms with Gasteiger partial charge in [-0.1, -0.05) is 29.8 Å². The van der Waals surface area contributed by atoms with Crippen LogP contribution in [0.3, 0.4) is 0 Å². The van der Waals surface area contributed by atoms with Crippen LogP contribution in [0, 0.1) is 17.0 Å². The third-order valence-electron chi connectivity index (χ3n) is 3.91. The minimum atomic E-state index is -0.489. The first kappa shape index (κ1) is 17.6. The number of aryl methyl sites for hydroxylation is 1. The third-order valence-corrected chi connectivity index (χ3v) is 3.91. The Morgan fingerprint density at radius 3 is 1.96 bits per heavy atom. The smallest absolute Gasteiger partial charge is 0.214 e. The molecule has 128 valence electrons. The second kappa shape index (κ2) is 7.68. The van der Waals surface area contributed by atoms with E-state index < -0.39 is 5.92 Å². The molecule has 0 saturated carbocycles. The van der Waals surface area contributed by atoms with Crippen LogP contribution < -0.4 is 14.2 Å². The molecule has 0 heterocycles. The third kappa shape index (κ3) is 3.76. The number of rotatable bonds is 7.